The smallest absolute Gasteiger partial charge is 0.238 e. The topological polar surface area (TPSA) is 55.9 Å². The molecule has 6 nitrogen and oxygen atoms in total. The molecule has 30 heavy (non-hydrogen) atoms. The molecule has 0 saturated carbocycles. The van der Waals surface area contributed by atoms with E-state index < -0.39 is 5.82 Å². The van der Waals surface area contributed by atoms with E-state index in [1.165, 1.54) is 23.8 Å². The van der Waals surface area contributed by atoms with Crippen molar-refractivity contribution in [2.75, 3.05) is 51.6 Å². The first-order valence-electron chi connectivity index (χ1n) is 10.2. The third kappa shape index (κ3) is 6.11. The van der Waals surface area contributed by atoms with Gasteiger partial charge >= 0.3 is 0 Å². The Morgan fingerprint density at radius 2 is 1.73 bits per heavy atom. The predicted molar refractivity (Wildman–Crippen MR) is 116 cm³/mol. The number of anilines is 1. The summed E-state index contributed by atoms with van der Waals surface area (Å²) in [5.74, 6) is -0.669. The molecule has 1 aliphatic rings. The molecule has 0 spiro atoms. The number of hydrogen-bond donors (Lipinski definition) is 1. The zero-order valence-electron chi connectivity index (χ0n) is 17.6. The van der Waals surface area contributed by atoms with E-state index in [0.29, 0.717) is 24.8 Å². The van der Waals surface area contributed by atoms with Crippen molar-refractivity contribution in [3.05, 3.63) is 66.0 Å². The number of likely N-dealkylation sites (N-methyl/N-ethyl adjacent to an activating group) is 1. The molecule has 1 fully saturated rings. The van der Waals surface area contributed by atoms with Gasteiger partial charge < -0.3 is 10.2 Å². The fourth-order valence-electron chi connectivity index (χ4n) is 3.70. The van der Waals surface area contributed by atoms with Gasteiger partial charge in [0.25, 0.3) is 0 Å². The monoisotopic (exact) mass is 412 g/mol. The first-order chi connectivity index (χ1) is 14.4. The molecule has 0 unspecified atom stereocenters. The molecule has 1 heterocycles. The van der Waals surface area contributed by atoms with Crippen LogP contribution in [0.5, 0.6) is 0 Å². The summed E-state index contributed by atoms with van der Waals surface area (Å²) in [6, 6.07) is 16.4. The maximum absolute atomic E-state index is 13.2. The Hall–Kier alpha value is -2.77. The number of carbonyl (C=O) groups is 2. The molecule has 160 valence electrons. The normalized spacial score (nSPS) is 15.8. The Morgan fingerprint density at radius 1 is 1.03 bits per heavy atom. The number of halogens is 1. The van der Waals surface area contributed by atoms with Crippen LogP contribution in [-0.2, 0) is 9.59 Å². The van der Waals surface area contributed by atoms with Crippen LogP contribution in [0.3, 0.4) is 0 Å². The average molecular weight is 413 g/mol. The van der Waals surface area contributed by atoms with Gasteiger partial charge in [-0.1, -0.05) is 36.4 Å². The summed E-state index contributed by atoms with van der Waals surface area (Å²) in [7, 11) is 1.73. The van der Waals surface area contributed by atoms with Crippen molar-refractivity contribution in [2.45, 2.75) is 13.0 Å². The van der Waals surface area contributed by atoms with Crippen molar-refractivity contribution < 1.29 is 14.0 Å². The Balaban J connectivity index is 1.42. The van der Waals surface area contributed by atoms with Crippen LogP contribution in [0.4, 0.5) is 10.1 Å². The summed E-state index contributed by atoms with van der Waals surface area (Å²) >= 11 is 0. The number of benzene rings is 2. The van der Waals surface area contributed by atoms with Gasteiger partial charge in [-0.2, -0.15) is 0 Å². The van der Waals surface area contributed by atoms with E-state index in [9.17, 15) is 14.0 Å². The summed E-state index contributed by atoms with van der Waals surface area (Å²) in [5.41, 5.74) is 1.68. The van der Waals surface area contributed by atoms with E-state index in [0.717, 1.165) is 13.1 Å². The Kier molecular flexibility index (Phi) is 7.54. The lowest BCUT2D eigenvalue weighted by Crippen LogP contribution is -2.51. The summed E-state index contributed by atoms with van der Waals surface area (Å²) in [5, 5.41) is 2.65. The summed E-state index contributed by atoms with van der Waals surface area (Å²) in [4.78, 5) is 30.7. The minimum Gasteiger partial charge on any atom is -0.339 e. The second-order valence-electron chi connectivity index (χ2n) is 7.73. The lowest BCUT2D eigenvalue weighted by Gasteiger charge is -2.38. The van der Waals surface area contributed by atoms with Crippen molar-refractivity contribution in [3.8, 4) is 0 Å². The van der Waals surface area contributed by atoms with Crippen molar-refractivity contribution in [2.24, 2.45) is 0 Å². The van der Waals surface area contributed by atoms with Crippen LogP contribution < -0.4 is 5.32 Å². The van der Waals surface area contributed by atoms with Gasteiger partial charge in [0.05, 0.1) is 13.1 Å². The zero-order valence-corrected chi connectivity index (χ0v) is 17.6. The van der Waals surface area contributed by atoms with Crippen molar-refractivity contribution in [1.82, 2.24) is 14.7 Å². The minimum absolute atomic E-state index is 0.0167. The van der Waals surface area contributed by atoms with Crippen LogP contribution >= 0.6 is 0 Å². The molecule has 0 radical (unpaired) electrons. The predicted octanol–water partition coefficient (Wildman–Crippen LogP) is 2.60. The minimum atomic E-state index is -0.406. The summed E-state index contributed by atoms with van der Waals surface area (Å²) in [6.07, 6.45) is 0. The molecule has 3 rings (SSSR count). The lowest BCUT2D eigenvalue weighted by molar-refractivity contribution is -0.134. The van der Waals surface area contributed by atoms with Gasteiger partial charge in [0.15, 0.2) is 0 Å². The van der Waals surface area contributed by atoms with Gasteiger partial charge in [-0.3, -0.25) is 19.4 Å². The molecule has 0 bridgehead atoms. The van der Waals surface area contributed by atoms with E-state index in [1.807, 2.05) is 23.1 Å². The SMILES string of the molecule is C[C@@H](c1ccccc1)N1CCN(C(=O)CN(C)CC(=O)Nc2cccc(F)c2)CC1. The van der Waals surface area contributed by atoms with Gasteiger partial charge in [0, 0.05) is 37.9 Å². The molecule has 0 aromatic heterocycles. The van der Waals surface area contributed by atoms with Crippen LogP contribution in [0.15, 0.2) is 54.6 Å². The van der Waals surface area contributed by atoms with E-state index >= 15 is 0 Å². The molecular formula is C23H29FN4O2. The maximum Gasteiger partial charge on any atom is 0.238 e. The lowest BCUT2D eigenvalue weighted by atomic mass is 10.1. The van der Waals surface area contributed by atoms with Crippen molar-refractivity contribution >= 4 is 17.5 Å². The molecule has 2 aromatic rings. The second kappa shape index (κ2) is 10.3. The molecule has 2 aromatic carbocycles. The van der Waals surface area contributed by atoms with Gasteiger partial charge in [-0.25, -0.2) is 4.39 Å². The number of piperazine rings is 1. The molecule has 1 N–H and O–H groups in total. The van der Waals surface area contributed by atoms with Crippen LogP contribution in [0.25, 0.3) is 0 Å². The van der Waals surface area contributed by atoms with Gasteiger partial charge in [-0.15, -0.1) is 0 Å². The quantitative estimate of drug-likeness (QED) is 0.760. The largest absolute Gasteiger partial charge is 0.339 e. The van der Waals surface area contributed by atoms with Gasteiger partial charge in [0.1, 0.15) is 5.82 Å². The van der Waals surface area contributed by atoms with Crippen molar-refractivity contribution in [1.29, 1.82) is 0 Å². The Morgan fingerprint density at radius 3 is 2.40 bits per heavy atom. The van der Waals surface area contributed by atoms with Crippen LogP contribution in [0, 0.1) is 5.82 Å². The Labute approximate surface area is 177 Å². The van der Waals surface area contributed by atoms with Gasteiger partial charge in [0.2, 0.25) is 11.8 Å². The molecule has 1 saturated heterocycles. The molecular weight excluding hydrogens is 383 g/mol. The number of carbonyl (C=O) groups excluding carboxylic acids is 2. The highest BCUT2D eigenvalue weighted by molar-refractivity contribution is 5.92. The van der Waals surface area contributed by atoms with Crippen molar-refractivity contribution in [3.63, 3.8) is 0 Å². The molecule has 0 aliphatic carbocycles. The molecule has 1 atom stereocenters. The summed E-state index contributed by atoms with van der Waals surface area (Å²) in [6.45, 7) is 5.44. The highest BCUT2D eigenvalue weighted by Crippen LogP contribution is 2.21. The van der Waals surface area contributed by atoms with Gasteiger partial charge in [-0.05, 0) is 37.7 Å². The number of amides is 2. The van der Waals surface area contributed by atoms with E-state index in [4.69, 9.17) is 0 Å². The second-order valence-corrected chi connectivity index (χ2v) is 7.73. The third-order valence-corrected chi connectivity index (χ3v) is 5.42. The number of nitrogens with zero attached hydrogens (tertiary/aromatic N) is 3. The zero-order chi connectivity index (χ0) is 21.5. The number of hydrogen-bond acceptors (Lipinski definition) is 4. The molecule has 7 heteroatoms. The summed E-state index contributed by atoms with van der Waals surface area (Å²) < 4.78 is 13.2. The first kappa shape index (κ1) is 21.9. The molecule has 1 aliphatic heterocycles. The average Bonchev–Trinajstić information content (AvgIpc) is 2.73. The van der Waals surface area contributed by atoms with E-state index in [1.54, 1.807) is 18.0 Å². The standard InChI is InChI=1S/C23H29FN4O2/c1-18(19-7-4-3-5-8-19)27-11-13-28(14-12-27)23(30)17-26(2)16-22(29)25-21-10-6-9-20(24)15-21/h3-10,15,18H,11-14,16-17H2,1-2H3,(H,25,29)/t18-/m0/s1. The third-order valence-electron chi connectivity index (χ3n) is 5.42. The van der Waals surface area contributed by atoms with E-state index in [-0.39, 0.29) is 24.9 Å². The van der Waals surface area contributed by atoms with Crippen LogP contribution in [0.1, 0.15) is 18.5 Å². The van der Waals surface area contributed by atoms with Crippen LogP contribution in [-0.4, -0.2) is 72.8 Å². The molecule has 2 amide bonds. The fraction of sp³-hybridized carbons (Fsp3) is 0.391. The number of rotatable bonds is 7. The number of nitrogens with one attached hydrogen (secondary N) is 1. The highest BCUT2D eigenvalue weighted by atomic mass is 19.1. The maximum atomic E-state index is 13.2. The van der Waals surface area contributed by atoms with E-state index in [2.05, 4.69) is 29.3 Å². The van der Waals surface area contributed by atoms with Crippen LogP contribution in [0.2, 0.25) is 0 Å². The first-order valence-corrected chi connectivity index (χ1v) is 10.2. The highest BCUT2D eigenvalue weighted by Gasteiger charge is 2.25. The Bertz CT molecular complexity index is 853. The fourth-order valence-corrected chi connectivity index (χ4v) is 3.70.